The number of hydrogen-bond donors (Lipinski definition) is 0. The van der Waals surface area contributed by atoms with E-state index in [1.807, 2.05) is 17.5 Å². The second-order valence-electron chi connectivity index (χ2n) is 3.52. The highest BCUT2D eigenvalue weighted by Gasteiger charge is 2.11. The highest BCUT2D eigenvalue weighted by Crippen LogP contribution is 2.13. The van der Waals surface area contributed by atoms with Crippen molar-refractivity contribution in [3.8, 4) is 0 Å². The Kier molecular flexibility index (Phi) is 2.86. The molecule has 0 aliphatic rings. The maximum atomic E-state index is 6.11. The van der Waals surface area contributed by atoms with E-state index in [0.29, 0.717) is 0 Å². The summed E-state index contributed by atoms with van der Waals surface area (Å²) in [6, 6.07) is 0. The van der Waals surface area contributed by atoms with Gasteiger partial charge in [-0.2, -0.15) is 0 Å². The molecule has 0 saturated carbocycles. The smallest absolute Gasteiger partial charge is 0.182 e. The summed E-state index contributed by atoms with van der Waals surface area (Å²) in [5.74, 6) is 0.872. The maximum absolute atomic E-state index is 6.11. The minimum atomic E-state index is 0.112. The van der Waals surface area contributed by atoms with Gasteiger partial charge in [0.2, 0.25) is 0 Å². The Morgan fingerprint density at radius 3 is 3.00 bits per heavy atom. The Labute approximate surface area is 93.3 Å². The van der Waals surface area contributed by atoms with Crippen LogP contribution in [-0.4, -0.2) is 25.0 Å². The Bertz CT molecular complexity index is 465. The van der Waals surface area contributed by atoms with Crippen molar-refractivity contribution < 1.29 is 0 Å². The van der Waals surface area contributed by atoms with E-state index in [0.717, 1.165) is 30.0 Å². The van der Waals surface area contributed by atoms with Crippen molar-refractivity contribution in [2.75, 3.05) is 0 Å². The van der Waals surface area contributed by atoms with Gasteiger partial charge in [0.05, 0.1) is 5.69 Å². The van der Waals surface area contributed by atoms with Crippen molar-refractivity contribution in [1.29, 1.82) is 0 Å². The third-order valence-corrected chi connectivity index (χ3v) is 2.89. The van der Waals surface area contributed by atoms with Crippen molar-refractivity contribution in [3.05, 3.63) is 23.9 Å². The molecule has 2 aromatic rings. The van der Waals surface area contributed by atoms with Gasteiger partial charge in [0.15, 0.2) is 5.65 Å². The Morgan fingerprint density at radius 2 is 2.27 bits per heavy atom. The van der Waals surface area contributed by atoms with Crippen LogP contribution in [0.3, 0.4) is 0 Å². The first kappa shape index (κ1) is 10.4. The third kappa shape index (κ3) is 1.95. The fourth-order valence-electron chi connectivity index (χ4n) is 1.49. The summed E-state index contributed by atoms with van der Waals surface area (Å²) in [7, 11) is 0. The number of nitrogens with zero attached hydrogens (tertiary/aromatic N) is 4. The lowest BCUT2D eigenvalue weighted by atomic mass is 10.2. The van der Waals surface area contributed by atoms with Gasteiger partial charge in [0, 0.05) is 24.2 Å². The lowest BCUT2D eigenvalue weighted by Crippen LogP contribution is -2.05. The van der Waals surface area contributed by atoms with Gasteiger partial charge in [-0.1, -0.05) is 6.92 Å². The van der Waals surface area contributed by atoms with Crippen LogP contribution in [0.5, 0.6) is 0 Å². The molecular weight excluding hydrogens is 212 g/mol. The average Bonchev–Trinajstić information content (AvgIpc) is 2.62. The highest BCUT2D eigenvalue weighted by molar-refractivity contribution is 6.20. The van der Waals surface area contributed by atoms with Crippen molar-refractivity contribution in [1.82, 2.24) is 19.6 Å². The number of halogens is 1. The molecule has 2 rings (SSSR count). The van der Waals surface area contributed by atoms with Crippen LogP contribution in [-0.2, 0) is 6.42 Å². The maximum Gasteiger partial charge on any atom is 0.182 e. The zero-order valence-electron chi connectivity index (χ0n) is 8.81. The standard InChI is InChI=1S/C10H13ClN4/c1-3-8(11)6-9-10-14-13-7(2)15(10)5-4-12-9/h4-5,8H,3,6H2,1-2H3. The summed E-state index contributed by atoms with van der Waals surface area (Å²) in [5.41, 5.74) is 1.73. The molecule has 0 fully saturated rings. The van der Waals surface area contributed by atoms with Crippen LogP contribution in [0.2, 0.25) is 0 Å². The molecule has 80 valence electrons. The largest absolute Gasteiger partial charge is 0.284 e. The van der Waals surface area contributed by atoms with E-state index in [2.05, 4.69) is 22.1 Å². The molecule has 2 heterocycles. The molecule has 0 N–H and O–H groups in total. The van der Waals surface area contributed by atoms with Crippen molar-refractivity contribution >= 4 is 17.2 Å². The first-order chi connectivity index (χ1) is 7.22. The summed E-state index contributed by atoms with van der Waals surface area (Å²) >= 11 is 6.11. The lowest BCUT2D eigenvalue weighted by molar-refractivity contribution is 0.784. The van der Waals surface area contributed by atoms with Crippen LogP contribution in [0, 0.1) is 6.92 Å². The number of aromatic nitrogens is 4. The Morgan fingerprint density at radius 1 is 1.47 bits per heavy atom. The molecule has 0 aliphatic carbocycles. The van der Waals surface area contributed by atoms with Gasteiger partial charge < -0.3 is 0 Å². The second kappa shape index (κ2) is 4.14. The topological polar surface area (TPSA) is 43.1 Å². The predicted octanol–water partition coefficient (Wildman–Crippen LogP) is 1.99. The molecular formula is C10H13ClN4. The van der Waals surface area contributed by atoms with Gasteiger partial charge in [-0.25, -0.2) is 0 Å². The first-order valence-corrected chi connectivity index (χ1v) is 5.45. The van der Waals surface area contributed by atoms with Gasteiger partial charge in [-0.15, -0.1) is 21.8 Å². The van der Waals surface area contributed by atoms with E-state index in [-0.39, 0.29) is 5.38 Å². The Balaban J connectivity index is 2.43. The van der Waals surface area contributed by atoms with E-state index in [1.165, 1.54) is 0 Å². The van der Waals surface area contributed by atoms with E-state index in [4.69, 9.17) is 11.6 Å². The average molecular weight is 225 g/mol. The summed E-state index contributed by atoms with van der Waals surface area (Å²) in [4.78, 5) is 4.30. The lowest BCUT2D eigenvalue weighted by Gasteiger charge is -2.05. The van der Waals surface area contributed by atoms with Gasteiger partial charge in [-0.3, -0.25) is 9.38 Å². The molecule has 0 saturated heterocycles. The fourth-order valence-corrected chi connectivity index (χ4v) is 1.64. The predicted molar refractivity (Wildman–Crippen MR) is 59.2 cm³/mol. The molecule has 0 aliphatic heterocycles. The van der Waals surface area contributed by atoms with Gasteiger partial charge >= 0.3 is 0 Å². The molecule has 1 atom stereocenters. The summed E-state index contributed by atoms with van der Waals surface area (Å²) in [5, 5.41) is 8.23. The molecule has 0 bridgehead atoms. The molecule has 4 nitrogen and oxygen atoms in total. The number of alkyl halides is 1. The van der Waals surface area contributed by atoms with Crippen LogP contribution in [0.15, 0.2) is 12.4 Å². The highest BCUT2D eigenvalue weighted by atomic mass is 35.5. The molecule has 0 aromatic carbocycles. The summed E-state index contributed by atoms with van der Waals surface area (Å²) < 4.78 is 1.93. The summed E-state index contributed by atoms with van der Waals surface area (Å²) in [6.07, 6.45) is 5.29. The molecule has 0 radical (unpaired) electrons. The normalized spacial score (nSPS) is 13.3. The van der Waals surface area contributed by atoms with E-state index >= 15 is 0 Å². The van der Waals surface area contributed by atoms with E-state index in [1.54, 1.807) is 6.20 Å². The van der Waals surface area contributed by atoms with Crippen LogP contribution >= 0.6 is 11.6 Å². The van der Waals surface area contributed by atoms with Crippen molar-refractivity contribution in [3.63, 3.8) is 0 Å². The summed E-state index contributed by atoms with van der Waals surface area (Å²) in [6.45, 7) is 3.98. The molecule has 0 amide bonds. The number of fused-ring (bicyclic) bond motifs is 1. The van der Waals surface area contributed by atoms with Gasteiger partial charge in [0.1, 0.15) is 5.82 Å². The number of rotatable bonds is 3. The minimum absolute atomic E-state index is 0.112. The third-order valence-electron chi connectivity index (χ3n) is 2.43. The molecule has 1 unspecified atom stereocenters. The van der Waals surface area contributed by atoms with Crippen molar-refractivity contribution in [2.45, 2.75) is 32.1 Å². The quantitative estimate of drug-likeness (QED) is 0.749. The molecule has 5 heteroatoms. The van der Waals surface area contributed by atoms with Crippen LogP contribution in [0.1, 0.15) is 24.9 Å². The van der Waals surface area contributed by atoms with Crippen LogP contribution in [0.4, 0.5) is 0 Å². The van der Waals surface area contributed by atoms with E-state index < -0.39 is 0 Å². The molecule has 2 aromatic heterocycles. The number of hydrogen-bond acceptors (Lipinski definition) is 3. The zero-order valence-corrected chi connectivity index (χ0v) is 9.57. The first-order valence-electron chi connectivity index (χ1n) is 5.01. The minimum Gasteiger partial charge on any atom is -0.284 e. The Hall–Kier alpha value is -1.16. The molecule has 0 spiro atoms. The van der Waals surface area contributed by atoms with E-state index in [9.17, 15) is 0 Å². The SMILES string of the molecule is CCC(Cl)Cc1nccn2c(C)nnc12. The molecule has 15 heavy (non-hydrogen) atoms. The fraction of sp³-hybridized carbons (Fsp3) is 0.500. The van der Waals surface area contributed by atoms with Crippen LogP contribution < -0.4 is 0 Å². The monoisotopic (exact) mass is 224 g/mol. The number of aryl methyl sites for hydroxylation is 1. The van der Waals surface area contributed by atoms with Gasteiger partial charge in [-0.05, 0) is 13.3 Å². The van der Waals surface area contributed by atoms with Gasteiger partial charge in [0.25, 0.3) is 0 Å². The second-order valence-corrected chi connectivity index (χ2v) is 4.14. The zero-order chi connectivity index (χ0) is 10.8. The van der Waals surface area contributed by atoms with Crippen molar-refractivity contribution in [2.24, 2.45) is 0 Å². The van der Waals surface area contributed by atoms with Crippen LogP contribution in [0.25, 0.3) is 5.65 Å².